The van der Waals surface area contributed by atoms with Crippen LogP contribution in [0.4, 0.5) is 11.4 Å². The Hall–Kier alpha value is -2.93. The molecule has 0 saturated heterocycles. The molecular weight excluding hydrogens is 472 g/mol. The summed E-state index contributed by atoms with van der Waals surface area (Å²) < 4.78 is 34.4. The highest BCUT2D eigenvalue weighted by atomic mass is 32.2. The molecule has 0 spiro atoms. The summed E-state index contributed by atoms with van der Waals surface area (Å²) in [6, 6.07) is 10.5. The van der Waals surface area contributed by atoms with Crippen molar-refractivity contribution < 1.29 is 23.1 Å². The molecule has 0 aromatic heterocycles. The van der Waals surface area contributed by atoms with E-state index in [1.54, 1.807) is 13.1 Å². The second kappa shape index (κ2) is 11.0. The lowest BCUT2D eigenvalue weighted by Crippen LogP contribution is -2.40. The van der Waals surface area contributed by atoms with Crippen molar-refractivity contribution in [1.29, 1.82) is 0 Å². The van der Waals surface area contributed by atoms with E-state index in [1.807, 2.05) is 35.4 Å². The number of carboxylic acid groups (broad SMARTS) is 1. The predicted molar refractivity (Wildman–Crippen MR) is 135 cm³/mol. The van der Waals surface area contributed by atoms with Crippen LogP contribution in [-0.4, -0.2) is 49.7 Å². The van der Waals surface area contributed by atoms with Crippen LogP contribution in [0.15, 0.2) is 58.5 Å². The molecule has 1 atom stereocenters. The summed E-state index contributed by atoms with van der Waals surface area (Å²) in [6.45, 7) is 2.56. The van der Waals surface area contributed by atoms with Gasteiger partial charge in [-0.3, -0.25) is 0 Å². The van der Waals surface area contributed by atoms with Crippen molar-refractivity contribution in [3.8, 4) is 18.1 Å². The second-order valence-electron chi connectivity index (χ2n) is 7.85. The lowest BCUT2D eigenvalue weighted by molar-refractivity contribution is -0.131. The first-order valence-electron chi connectivity index (χ1n) is 10.8. The van der Waals surface area contributed by atoms with Gasteiger partial charge in [-0.2, -0.15) is 4.31 Å². The van der Waals surface area contributed by atoms with Crippen LogP contribution >= 0.6 is 11.8 Å². The van der Waals surface area contributed by atoms with E-state index in [1.165, 1.54) is 22.1 Å². The van der Waals surface area contributed by atoms with E-state index in [4.69, 9.17) is 16.3 Å². The Labute approximate surface area is 205 Å². The number of terminal acetylenes is 1. The number of hydrogen-bond donors (Lipinski definition) is 1. The topological polar surface area (TPSA) is 87.2 Å². The summed E-state index contributed by atoms with van der Waals surface area (Å²) in [7, 11) is -2.24. The molecule has 1 N–H and O–H groups in total. The summed E-state index contributed by atoms with van der Waals surface area (Å²) in [5.41, 5.74) is 2.11. The van der Waals surface area contributed by atoms with Crippen LogP contribution in [0.2, 0.25) is 0 Å². The maximum atomic E-state index is 13.7. The van der Waals surface area contributed by atoms with Gasteiger partial charge in [0.2, 0.25) is 10.0 Å². The van der Waals surface area contributed by atoms with E-state index in [0.717, 1.165) is 42.9 Å². The highest BCUT2D eigenvalue weighted by Gasteiger charge is 2.37. The molecule has 1 unspecified atom stereocenters. The van der Waals surface area contributed by atoms with Crippen LogP contribution in [0.25, 0.3) is 0 Å². The molecule has 34 heavy (non-hydrogen) atoms. The Morgan fingerprint density at radius 1 is 1.32 bits per heavy atom. The molecule has 1 heterocycles. The van der Waals surface area contributed by atoms with E-state index >= 15 is 0 Å². The van der Waals surface area contributed by atoms with E-state index in [0.29, 0.717) is 17.1 Å². The molecule has 2 aromatic carbocycles. The molecule has 2 aromatic rings. The van der Waals surface area contributed by atoms with Crippen molar-refractivity contribution in [3.05, 3.63) is 54.3 Å². The molecule has 1 aliphatic rings. The average Bonchev–Trinajstić information content (AvgIpc) is 2.90. The highest BCUT2D eigenvalue weighted by Crippen LogP contribution is 2.43. The smallest absolute Gasteiger partial charge is 0.331 e. The van der Waals surface area contributed by atoms with Crippen molar-refractivity contribution in [1.82, 2.24) is 4.31 Å². The zero-order valence-corrected chi connectivity index (χ0v) is 21.0. The molecule has 180 valence electrons. The van der Waals surface area contributed by atoms with Crippen LogP contribution in [0, 0.1) is 12.3 Å². The minimum absolute atomic E-state index is 0.103. The molecular formula is C25H28N2O5S2. The molecule has 7 nitrogen and oxygen atoms in total. The Balaban J connectivity index is 2.21. The Morgan fingerprint density at radius 3 is 2.62 bits per heavy atom. The third-order valence-electron chi connectivity index (χ3n) is 5.74. The van der Waals surface area contributed by atoms with Crippen LogP contribution in [0.3, 0.4) is 0 Å². The van der Waals surface area contributed by atoms with E-state index < -0.39 is 16.0 Å². The number of unbranched alkanes of at least 4 members (excludes halogenated alkanes) is 1. The molecule has 0 bridgehead atoms. The third kappa shape index (κ3) is 5.41. The van der Waals surface area contributed by atoms with Gasteiger partial charge in [0.1, 0.15) is 10.6 Å². The van der Waals surface area contributed by atoms with Crippen LogP contribution in [-0.2, 0) is 14.8 Å². The summed E-state index contributed by atoms with van der Waals surface area (Å²) >= 11 is 1.38. The van der Waals surface area contributed by atoms with Crippen LogP contribution in [0.5, 0.6) is 5.75 Å². The SMILES string of the molecule is C#Cc1ccc(N2CC(CCCC)N(C)S(=O)(=O)c3cc(O/C=C/C(=O)O)c(SC)cc32)cc1. The van der Waals surface area contributed by atoms with Gasteiger partial charge in [0.05, 0.1) is 22.9 Å². The number of anilines is 2. The van der Waals surface area contributed by atoms with E-state index in [2.05, 4.69) is 12.8 Å². The van der Waals surface area contributed by atoms with Gasteiger partial charge in [0.15, 0.2) is 0 Å². The first-order valence-corrected chi connectivity index (χ1v) is 13.5. The largest absolute Gasteiger partial charge is 0.478 e. The number of sulfonamides is 1. The van der Waals surface area contributed by atoms with Crippen molar-refractivity contribution in [2.75, 3.05) is 24.7 Å². The maximum absolute atomic E-state index is 13.7. The van der Waals surface area contributed by atoms with Crippen molar-refractivity contribution in [2.24, 2.45) is 0 Å². The molecule has 0 amide bonds. The van der Waals surface area contributed by atoms with Gasteiger partial charge in [0.25, 0.3) is 0 Å². The van der Waals surface area contributed by atoms with Gasteiger partial charge in [-0.15, -0.1) is 18.2 Å². The lowest BCUT2D eigenvalue weighted by Gasteiger charge is -2.29. The number of likely N-dealkylation sites (N-methyl/N-ethyl adjacent to an activating group) is 1. The highest BCUT2D eigenvalue weighted by molar-refractivity contribution is 7.98. The molecule has 9 heteroatoms. The predicted octanol–water partition coefficient (Wildman–Crippen LogP) is 4.70. The molecule has 3 rings (SSSR count). The number of carboxylic acids is 1. The van der Waals surface area contributed by atoms with Gasteiger partial charge < -0.3 is 14.7 Å². The lowest BCUT2D eigenvalue weighted by atomic mass is 10.1. The summed E-state index contributed by atoms with van der Waals surface area (Å²) in [4.78, 5) is 13.6. The number of nitrogens with zero attached hydrogens (tertiary/aromatic N) is 2. The van der Waals surface area contributed by atoms with E-state index in [-0.39, 0.29) is 16.7 Å². The fourth-order valence-electron chi connectivity index (χ4n) is 3.84. The number of rotatable bonds is 8. The van der Waals surface area contributed by atoms with Crippen LogP contribution < -0.4 is 9.64 Å². The number of benzene rings is 2. The minimum atomic E-state index is -3.85. The van der Waals surface area contributed by atoms with Gasteiger partial charge in [-0.25, -0.2) is 13.2 Å². The number of carbonyl (C=O) groups is 1. The monoisotopic (exact) mass is 500 g/mol. The van der Waals surface area contributed by atoms with Gasteiger partial charge in [0, 0.05) is 37.0 Å². The van der Waals surface area contributed by atoms with Gasteiger partial charge in [-0.05, 0) is 43.0 Å². The number of fused-ring (bicyclic) bond motifs is 1. The first-order chi connectivity index (χ1) is 16.2. The Bertz CT molecular complexity index is 1220. The number of ether oxygens (including phenoxy) is 1. The molecule has 0 fully saturated rings. The zero-order valence-electron chi connectivity index (χ0n) is 19.4. The number of thioether (sulfide) groups is 1. The molecule has 1 aliphatic heterocycles. The molecule has 0 saturated carbocycles. The first kappa shape index (κ1) is 25.7. The van der Waals surface area contributed by atoms with Gasteiger partial charge >= 0.3 is 5.97 Å². The Morgan fingerprint density at radius 2 is 2.03 bits per heavy atom. The standard InChI is InChI=1S/C25H28N2O5S2/c1-5-7-8-20-17-27(19-11-9-18(6-2)10-12-19)21-15-23(33-4)22(32-14-13-25(28)29)16-24(21)34(30,31)26(20)3/h2,9-16,20H,5,7-8,17H2,1,3-4H3,(H,28,29)/b14-13+. The fourth-order valence-corrected chi connectivity index (χ4v) is 5.94. The summed E-state index contributed by atoms with van der Waals surface area (Å²) in [5, 5.41) is 8.87. The molecule has 0 radical (unpaired) electrons. The average molecular weight is 501 g/mol. The third-order valence-corrected chi connectivity index (χ3v) is 8.44. The van der Waals surface area contributed by atoms with Crippen molar-refractivity contribution in [3.63, 3.8) is 0 Å². The van der Waals surface area contributed by atoms with E-state index in [9.17, 15) is 13.2 Å². The normalized spacial score (nSPS) is 17.7. The number of aliphatic carboxylic acids is 1. The van der Waals surface area contributed by atoms with Gasteiger partial charge in [-0.1, -0.05) is 25.7 Å². The minimum Gasteiger partial charge on any atom is -0.478 e. The summed E-state index contributed by atoms with van der Waals surface area (Å²) in [6.07, 6.45) is 11.8. The van der Waals surface area contributed by atoms with Crippen molar-refractivity contribution >= 4 is 39.1 Å². The second-order valence-corrected chi connectivity index (χ2v) is 10.7. The summed E-state index contributed by atoms with van der Waals surface area (Å²) in [5.74, 6) is 1.72. The molecule has 0 aliphatic carbocycles. The van der Waals surface area contributed by atoms with Crippen molar-refractivity contribution in [2.45, 2.75) is 42.0 Å². The zero-order chi connectivity index (χ0) is 24.9. The van der Waals surface area contributed by atoms with Crippen LogP contribution in [0.1, 0.15) is 31.7 Å². The maximum Gasteiger partial charge on any atom is 0.331 e. The quantitative estimate of drug-likeness (QED) is 0.243. The number of hydrogen-bond acceptors (Lipinski definition) is 6. The fraction of sp³-hybridized carbons (Fsp3) is 0.320. The Kier molecular flexibility index (Phi) is 8.31.